The predicted molar refractivity (Wildman–Crippen MR) is 146 cm³/mol. The van der Waals surface area contributed by atoms with Gasteiger partial charge in [-0.05, 0) is 83.1 Å². The largest absolute Gasteiger partial charge is 0.507 e. The minimum absolute atomic E-state index is 0.105. The third kappa shape index (κ3) is 4.89. The summed E-state index contributed by atoms with van der Waals surface area (Å²) in [6, 6.07) is 44.6. The SMILES string of the molecule is O=C(OS(c1ccccc1)(c1ccccc1)c1ccc(Sc2ccccc2)cc1)c1ccccc1O. The van der Waals surface area contributed by atoms with Crippen LogP contribution in [0.5, 0.6) is 5.75 Å². The molecule has 3 nitrogen and oxygen atoms in total. The molecule has 0 aliphatic heterocycles. The number of para-hydroxylation sites is 1. The highest BCUT2D eigenvalue weighted by atomic mass is 32.3. The van der Waals surface area contributed by atoms with E-state index < -0.39 is 16.3 Å². The molecule has 0 atom stereocenters. The smallest absolute Gasteiger partial charge is 0.353 e. The lowest BCUT2D eigenvalue weighted by atomic mass is 10.2. The molecule has 0 radical (unpaired) electrons. The first-order valence-corrected chi connectivity index (χ1v) is 13.8. The zero-order valence-electron chi connectivity index (χ0n) is 19.4. The fourth-order valence-corrected chi connectivity index (χ4v) is 7.77. The Morgan fingerprint density at radius 2 is 1.00 bits per heavy atom. The minimum atomic E-state index is -2.46. The van der Waals surface area contributed by atoms with Crippen LogP contribution in [0.15, 0.2) is 164 Å². The van der Waals surface area contributed by atoms with Crippen LogP contribution in [0.25, 0.3) is 0 Å². The van der Waals surface area contributed by atoms with Crippen molar-refractivity contribution in [2.45, 2.75) is 24.5 Å². The molecule has 0 aliphatic carbocycles. The lowest BCUT2D eigenvalue weighted by molar-refractivity contribution is 0.0754. The third-order valence-electron chi connectivity index (χ3n) is 5.61. The van der Waals surface area contributed by atoms with Crippen LogP contribution in [0, 0.1) is 0 Å². The van der Waals surface area contributed by atoms with Gasteiger partial charge in [-0.2, -0.15) is 0 Å². The van der Waals surface area contributed by atoms with E-state index in [1.807, 2.05) is 91.0 Å². The topological polar surface area (TPSA) is 46.5 Å². The standard InChI is InChI=1S/C31H24O3S2/c32-30-19-11-10-18-29(30)31(33)34-36(26-14-6-2-7-15-26,27-16-8-3-9-17-27)28-22-20-25(21-23-28)35-24-12-4-1-5-13-24/h1-23,32H. The van der Waals surface area contributed by atoms with E-state index in [-0.39, 0.29) is 11.3 Å². The predicted octanol–water partition coefficient (Wildman–Crippen LogP) is 8.60. The van der Waals surface area contributed by atoms with Gasteiger partial charge in [-0.15, -0.1) is 0 Å². The molecule has 5 aromatic carbocycles. The number of phenols is 1. The molecule has 0 saturated heterocycles. The Labute approximate surface area is 216 Å². The van der Waals surface area contributed by atoms with Crippen LogP contribution in [0.3, 0.4) is 0 Å². The van der Waals surface area contributed by atoms with E-state index in [1.165, 1.54) is 6.07 Å². The van der Waals surface area contributed by atoms with Gasteiger partial charge in [0.2, 0.25) is 0 Å². The summed E-state index contributed by atoms with van der Waals surface area (Å²) in [4.78, 5) is 18.5. The maximum absolute atomic E-state index is 13.5. The zero-order chi connectivity index (χ0) is 24.8. The molecule has 0 unspecified atom stereocenters. The molecule has 0 bridgehead atoms. The summed E-state index contributed by atoms with van der Waals surface area (Å²) in [5.41, 5.74) is 0.137. The highest BCUT2D eigenvalue weighted by molar-refractivity contribution is 8.30. The molecule has 0 aromatic heterocycles. The molecule has 0 aliphatic rings. The van der Waals surface area contributed by atoms with Crippen LogP contribution in [-0.4, -0.2) is 11.1 Å². The summed E-state index contributed by atoms with van der Waals surface area (Å²) < 4.78 is 6.50. The summed E-state index contributed by atoms with van der Waals surface area (Å²) >= 11 is 1.68. The molecule has 0 heterocycles. The molecular formula is C31H24O3S2. The first-order valence-electron chi connectivity index (χ1n) is 11.4. The van der Waals surface area contributed by atoms with Crippen molar-refractivity contribution in [3.05, 3.63) is 145 Å². The number of carbonyl (C=O) groups is 1. The van der Waals surface area contributed by atoms with Gasteiger partial charge in [-0.3, -0.25) is 0 Å². The molecule has 5 rings (SSSR count). The molecule has 0 amide bonds. The van der Waals surface area contributed by atoms with Gasteiger partial charge in [0.05, 0.1) is 0 Å². The molecular weight excluding hydrogens is 484 g/mol. The fraction of sp³-hybridized carbons (Fsp3) is 0. The quantitative estimate of drug-likeness (QED) is 0.239. The number of carbonyl (C=O) groups excluding carboxylic acids is 1. The van der Waals surface area contributed by atoms with Crippen molar-refractivity contribution in [1.29, 1.82) is 0 Å². The third-order valence-corrected chi connectivity index (χ3v) is 9.83. The highest BCUT2D eigenvalue weighted by Crippen LogP contribution is 2.69. The Morgan fingerprint density at radius 1 is 0.556 bits per heavy atom. The van der Waals surface area contributed by atoms with E-state index >= 15 is 0 Å². The van der Waals surface area contributed by atoms with Crippen molar-refractivity contribution >= 4 is 28.0 Å². The van der Waals surface area contributed by atoms with Crippen LogP contribution in [0.2, 0.25) is 0 Å². The first kappa shape index (κ1) is 23.8. The van der Waals surface area contributed by atoms with Crippen LogP contribution in [0.1, 0.15) is 10.4 Å². The molecule has 0 spiro atoms. The number of benzene rings is 5. The van der Waals surface area contributed by atoms with Gasteiger partial charge in [0.25, 0.3) is 0 Å². The van der Waals surface area contributed by atoms with Gasteiger partial charge in [-0.1, -0.05) is 78.5 Å². The second kappa shape index (κ2) is 10.8. The molecule has 0 saturated carbocycles. The van der Waals surface area contributed by atoms with Gasteiger partial charge in [0.15, 0.2) is 0 Å². The normalized spacial score (nSPS) is 11.6. The van der Waals surface area contributed by atoms with Crippen molar-refractivity contribution in [3.63, 3.8) is 0 Å². The van der Waals surface area contributed by atoms with Gasteiger partial charge in [0.1, 0.15) is 11.3 Å². The van der Waals surface area contributed by atoms with E-state index in [0.29, 0.717) is 0 Å². The second-order valence-electron chi connectivity index (χ2n) is 7.96. The van der Waals surface area contributed by atoms with Crippen LogP contribution in [0.4, 0.5) is 0 Å². The van der Waals surface area contributed by atoms with E-state index in [4.69, 9.17) is 4.18 Å². The van der Waals surface area contributed by atoms with E-state index in [1.54, 1.807) is 30.0 Å². The number of rotatable bonds is 7. The summed E-state index contributed by atoms with van der Waals surface area (Å²) in [5, 5.41) is 10.4. The Morgan fingerprint density at radius 3 is 1.56 bits per heavy atom. The Bertz CT molecular complexity index is 1400. The zero-order valence-corrected chi connectivity index (χ0v) is 21.0. The number of phenolic OH excluding ortho intramolecular Hbond substituents is 1. The lowest BCUT2D eigenvalue weighted by Crippen LogP contribution is -2.14. The van der Waals surface area contributed by atoms with Crippen LogP contribution in [-0.2, 0) is 4.18 Å². The van der Waals surface area contributed by atoms with E-state index in [2.05, 4.69) is 24.3 Å². The van der Waals surface area contributed by atoms with Gasteiger partial charge < -0.3 is 9.29 Å². The van der Waals surface area contributed by atoms with E-state index in [0.717, 1.165) is 24.5 Å². The number of hydrogen-bond acceptors (Lipinski definition) is 4. The molecule has 1 N–H and O–H groups in total. The van der Waals surface area contributed by atoms with E-state index in [9.17, 15) is 9.90 Å². The van der Waals surface area contributed by atoms with Crippen molar-refractivity contribution < 1.29 is 14.1 Å². The Balaban J connectivity index is 1.64. The second-order valence-corrected chi connectivity index (χ2v) is 11.8. The molecule has 36 heavy (non-hydrogen) atoms. The highest BCUT2D eigenvalue weighted by Gasteiger charge is 2.36. The maximum atomic E-state index is 13.5. The lowest BCUT2D eigenvalue weighted by Gasteiger charge is -2.39. The average Bonchev–Trinajstić information content (AvgIpc) is 2.94. The van der Waals surface area contributed by atoms with Crippen molar-refractivity contribution in [1.82, 2.24) is 0 Å². The Kier molecular flexibility index (Phi) is 7.12. The number of hydrogen-bond donors (Lipinski definition) is 1. The van der Waals surface area contributed by atoms with Crippen LogP contribution < -0.4 is 0 Å². The molecule has 5 heteroatoms. The minimum Gasteiger partial charge on any atom is -0.507 e. The fourth-order valence-electron chi connectivity index (χ4n) is 3.91. The van der Waals surface area contributed by atoms with Crippen LogP contribution >= 0.6 is 22.1 Å². The maximum Gasteiger partial charge on any atom is 0.353 e. The number of aromatic hydroxyl groups is 1. The summed E-state index contributed by atoms with van der Waals surface area (Å²) in [5.74, 6) is -0.676. The van der Waals surface area contributed by atoms with Crippen molar-refractivity contribution in [3.8, 4) is 5.75 Å². The summed E-state index contributed by atoms with van der Waals surface area (Å²) in [6.07, 6.45) is 0. The van der Waals surface area contributed by atoms with Gasteiger partial charge >= 0.3 is 5.97 Å². The van der Waals surface area contributed by atoms with Crippen molar-refractivity contribution in [2.75, 3.05) is 0 Å². The first-order chi connectivity index (χ1) is 17.7. The summed E-state index contributed by atoms with van der Waals surface area (Å²) in [6.45, 7) is 0. The molecule has 0 fully saturated rings. The molecule has 178 valence electrons. The average molecular weight is 509 g/mol. The Hall–Kier alpha value is -3.93. The molecule has 5 aromatic rings. The van der Waals surface area contributed by atoms with Crippen molar-refractivity contribution in [2.24, 2.45) is 0 Å². The van der Waals surface area contributed by atoms with Gasteiger partial charge in [-0.25, -0.2) is 4.79 Å². The monoisotopic (exact) mass is 508 g/mol. The summed E-state index contributed by atoms with van der Waals surface area (Å²) in [7, 11) is -2.46. The van der Waals surface area contributed by atoms with Gasteiger partial charge in [0, 0.05) is 24.5 Å².